The number of ether oxygens (including phenoxy) is 1. The monoisotopic (exact) mass is 503 g/mol. The fourth-order valence-corrected chi connectivity index (χ4v) is 5.74. The first-order valence-corrected chi connectivity index (χ1v) is 12.4. The molecule has 192 valence electrons. The fraction of sp³-hybridized carbons (Fsp3) is 0.429. The Hall–Kier alpha value is -3.93. The van der Waals surface area contributed by atoms with E-state index in [1.54, 1.807) is 18.3 Å². The van der Waals surface area contributed by atoms with Crippen LogP contribution in [0.4, 0.5) is 4.39 Å². The molecule has 0 unspecified atom stereocenters. The van der Waals surface area contributed by atoms with Crippen molar-refractivity contribution in [2.75, 3.05) is 7.11 Å². The quantitative estimate of drug-likeness (QED) is 0.334. The number of nitrogens with zero attached hydrogens (tertiary/aromatic N) is 4. The van der Waals surface area contributed by atoms with E-state index in [1.165, 1.54) is 13.2 Å². The molecular formula is C28H30FN5O3. The Labute approximate surface area is 214 Å². The Kier molecular flexibility index (Phi) is 5.94. The lowest BCUT2D eigenvalue weighted by molar-refractivity contribution is -0.149. The second-order valence-corrected chi connectivity index (χ2v) is 10.9. The molecule has 0 bridgehead atoms. The van der Waals surface area contributed by atoms with Gasteiger partial charge in [-0.05, 0) is 56.7 Å². The van der Waals surface area contributed by atoms with Crippen molar-refractivity contribution in [3.05, 3.63) is 47.5 Å². The molecule has 1 aliphatic carbocycles. The minimum atomic E-state index is -0.769. The van der Waals surface area contributed by atoms with Crippen molar-refractivity contribution in [1.29, 1.82) is 5.26 Å². The van der Waals surface area contributed by atoms with Crippen LogP contribution in [0.1, 0.15) is 70.1 Å². The van der Waals surface area contributed by atoms with Gasteiger partial charge in [-0.3, -0.25) is 9.89 Å². The predicted molar refractivity (Wildman–Crippen MR) is 137 cm³/mol. The normalized spacial score (nSPS) is 20.3. The molecule has 0 atom stereocenters. The lowest BCUT2D eigenvalue weighted by Crippen LogP contribution is -2.32. The summed E-state index contributed by atoms with van der Waals surface area (Å²) in [7, 11) is 1.43. The van der Waals surface area contributed by atoms with Crippen LogP contribution < -0.4 is 4.74 Å². The first kappa shape index (κ1) is 24.8. The van der Waals surface area contributed by atoms with E-state index in [9.17, 15) is 19.6 Å². The van der Waals surface area contributed by atoms with Crippen LogP contribution in [0, 0.1) is 22.6 Å². The highest BCUT2D eigenvalue weighted by Gasteiger charge is 2.41. The standard InChI is InChI=1S/C28H30FN5O3/c1-27(2,11-12-30)24-22(16-7-9-28(3,10-8-16)26(35)36)23-20(13-17-15-31-33-25(17)32-23)34(24)18-5-6-19(29)21(14-18)37-4/h5-6,13-16H,7-11H2,1-4H3,(H,35,36)(H,31,32,33). The van der Waals surface area contributed by atoms with E-state index in [1.807, 2.05) is 26.8 Å². The number of aliphatic carboxylic acids is 1. The third-order valence-corrected chi connectivity index (χ3v) is 7.95. The summed E-state index contributed by atoms with van der Waals surface area (Å²) in [4.78, 5) is 16.9. The van der Waals surface area contributed by atoms with Gasteiger partial charge in [0.2, 0.25) is 0 Å². The number of aromatic nitrogens is 4. The number of benzene rings is 1. The van der Waals surface area contributed by atoms with Gasteiger partial charge in [-0.1, -0.05) is 13.8 Å². The molecule has 8 nitrogen and oxygen atoms in total. The molecule has 9 heteroatoms. The van der Waals surface area contributed by atoms with Crippen LogP contribution in [-0.4, -0.2) is 37.9 Å². The maximum Gasteiger partial charge on any atom is 0.309 e. The number of fused-ring (bicyclic) bond motifs is 2. The van der Waals surface area contributed by atoms with Crippen molar-refractivity contribution in [3.8, 4) is 17.5 Å². The number of nitrogens with one attached hydrogen (secondary N) is 1. The molecule has 37 heavy (non-hydrogen) atoms. The number of hydrogen-bond acceptors (Lipinski definition) is 5. The summed E-state index contributed by atoms with van der Waals surface area (Å²) in [5.74, 6) is -1.05. The zero-order valence-corrected chi connectivity index (χ0v) is 21.4. The van der Waals surface area contributed by atoms with Crippen molar-refractivity contribution < 1.29 is 19.0 Å². The molecular weight excluding hydrogens is 473 g/mol. The fourth-order valence-electron chi connectivity index (χ4n) is 5.74. The van der Waals surface area contributed by atoms with Crippen LogP contribution in [0.2, 0.25) is 0 Å². The number of methoxy groups -OCH3 is 1. The van der Waals surface area contributed by atoms with Crippen molar-refractivity contribution in [1.82, 2.24) is 19.7 Å². The average molecular weight is 504 g/mol. The molecule has 0 radical (unpaired) electrons. The number of pyridine rings is 1. The summed E-state index contributed by atoms with van der Waals surface area (Å²) in [5.41, 5.74) is 3.56. The highest BCUT2D eigenvalue weighted by molar-refractivity contribution is 5.94. The number of carbonyl (C=O) groups is 1. The Bertz CT molecular complexity index is 1550. The van der Waals surface area contributed by atoms with Crippen LogP contribution >= 0.6 is 0 Å². The summed E-state index contributed by atoms with van der Waals surface area (Å²) < 4.78 is 21.8. The summed E-state index contributed by atoms with van der Waals surface area (Å²) in [6.07, 6.45) is 4.44. The van der Waals surface area contributed by atoms with E-state index in [0.717, 1.165) is 27.7 Å². The largest absolute Gasteiger partial charge is 0.494 e. The lowest BCUT2D eigenvalue weighted by Gasteiger charge is -2.36. The number of nitriles is 1. The third kappa shape index (κ3) is 4.01. The van der Waals surface area contributed by atoms with Crippen molar-refractivity contribution >= 4 is 28.0 Å². The Morgan fingerprint density at radius 2 is 2.08 bits per heavy atom. The van der Waals surface area contributed by atoms with Gasteiger partial charge in [0.15, 0.2) is 17.2 Å². The minimum Gasteiger partial charge on any atom is -0.494 e. The molecule has 0 spiro atoms. The number of aromatic amines is 1. The van der Waals surface area contributed by atoms with Gasteiger partial charge < -0.3 is 14.4 Å². The van der Waals surface area contributed by atoms with Gasteiger partial charge in [0.05, 0.1) is 35.8 Å². The van der Waals surface area contributed by atoms with Crippen LogP contribution in [0.5, 0.6) is 5.75 Å². The molecule has 4 aromatic rings. The molecule has 1 aromatic carbocycles. The SMILES string of the molecule is COc1cc(-n2c(C(C)(C)CC#N)c(C3CCC(C)(C(=O)O)CC3)c3nc4[nH]ncc4cc32)ccc1F. The topological polar surface area (TPSA) is 117 Å². The van der Waals surface area contributed by atoms with Crippen molar-refractivity contribution in [2.45, 2.75) is 64.2 Å². The summed E-state index contributed by atoms with van der Waals surface area (Å²) in [6, 6.07) is 9.09. The maximum absolute atomic E-state index is 14.4. The Balaban J connectivity index is 1.83. The first-order chi connectivity index (χ1) is 17.6. The van der Waals surface area contributed by atoms with Crippen LogP contribution in [0.25, 0.3) is 27.8 Å². The molecule has 3 aromatic heterocycles. The summed E-state index contributed by atoms with van der Waals surface area (Å²) in [5, 5.41) is 27.5. The maximum atomic E-state index is 14.4. The van der Waals surface area contributed by atoms with Gasteiger partial charge in [-0.15, -0.1) is 0 Å². The highest BCUT2D eigenvalue weighted by Crippen LogP contribution is 2.49. The zero-order chi connectivity index (χ0) is 26.5. The molecule has 0 aliphatic heterocycles. The second kappa shape index (κ2) is 8.87. The molecule has 1 aliphatic rings. The molecule has 0 saturated heterocycles. The van der Waals surface area contributed by atoms with Crippen LogP contribution in [0.3, 0.4) is 0 Å². The number of carboxylic acid groups (broad SMARTS) is 1. The van der Waals surface area contributed by atoms with Crippen molar-refractivity contribution in [3.63, 3.8) is 0 Å². The number of hydrogen-bond donors (Lipinski definition) is 2. The molecule has 2 N–H and O–H groups in total. The number of carboxylic acids is 1. The van der Waals surface area contributed by atoms with E-state index in [-0.39, 0.29) is 18.1 Å². The number of H-pyrrole nitrogens is 1. The van der Waals surface area contributed by atoms with Crippen LogP contribution in [-0.2, 0) is 10.2 Å². The molecule has 3 heterocycles. The van der Waals surface area contributed by atoms with E-state index in [4.69, 9.17) is 9.72 Å². The molecule has 0 amide bonds. The highest BCUT2D eigenvalue weighted by atomic mass is 19.1. The molecule has 5 rings (SSSR count). The van der Waals surface area contributed by atoms with Gasteiger partial charge in [0, 0.05) is 40.2 Å². The van der Waals surface area contributed by atoms with Gasteiger partial charge in [-0.2, -0.15) is 10.4 Å². The zero-order valence-electron chi connectivity index (χ0n) is 21.4. The summed E-state index contributed by atoms with van der Waals surface area (Å²) in [6.45, 7) is 5.87. The van der Waals surface area contributed by atoms with E-state index in [2.05, 4.69) is 20.8 Å². The first-order valence-electron chi connectivity index (χ1n) is 12.4. The smallest absolute Gasteiger partial charge is 0.309 e. The summed E-state index contributed by atoms with van der Waals surface area (Å²) >= 11 is 0. The number of rotatable bonds is 6. The van der Waals surface area contributed by atoms with E-state index >= 15 is 0 Å². The molecule has 1 fully saturated rings. The van der Waals surface area contributed by atoms with E-state index in [0.29, 0.717) is 37.0 Å². The predicted octanol–water partition coefficient (Wildman–Crippen LogP) is 5.99. The second-order valence-electron chi connectivity index (χ2n) is 10.9. The molecule has 1 saturated carbocycles. The third-order valence-electron chi connectivity index (χ3n) is 7.95. The average Bonchev–Trinajstić information content (AvgIpc) is 3.45. The van der Waals surface area contributed by atoms with Gasteiger partial charge >= 0.3 is 5.97 Å². The van der Waals surface area contributed by atoms with Crippen molar-refractivity contribution in [2.24, 2.45) is 5.41 Å². The van der Waals surface area contributed by atoms with Gasteiger partial charge in [0.1, 0.15) is 0 Å². The van der Waals surface area contributed by atoms with Gasteiger partial charge in [0.25, 0.3) is 0 Å². The number of halogens is 1. The Morgan fingerprint density at radius 1 is 1.35 bits per heavy atom. The minimum absolute atomic E-state index is 0.0550. The van der Waals surface area contributed by atoms with E-state index < -0.39 is 22.6 Å². The Morgan fingerprint density at radius 3 is 2.73 bits per heavy atom. The lowest BCUT2D eigenvalue weighted by atomic mass is 9.68. The van der Waals surface area contributed by atoms with Gasteiger partial charge in [-0.25, -0.2) is 9.37 Å². The van der Waals surface area contributed by atoms with Crippen LogP contribution in [0.15, 0.2) is 30.5 Å².